The second kappa shape index (κ2) is 6.32. The molecule has 0 fully saturated rings. The lowest BCUT2D eigenvalue weighted by Gasteiger charge is -2.19. The number of nitrogens with one attached hydrogen (secondary N) is 1. The van der Waals surface area contributed by atoms with Crippen LogP contribution in [-0.2, 0) is 0 Å². The summed E-state index contributed by atoms with van der Waals surface area (Å²) in [5.41, 5.74) is 12.2. The van der Waals surface area contributed by atoms with Crippen LogP contribution < -0.4 is 5.73 Å². The zero-order valence-electron chi connectivity index (χ0n) is 14.2. The third kappa shape index (κ3) is 2.83. The van der Waals surface area contributed by atoms with Gasteiger partial charge in [0.15, 0.2) is 0 Å². The van der Waals surface area contributed by atoms with Crippen LogP contribution in [0.1, 0.15) is 39.6 Å². The van der Waals surface area contributed by atoms with Crippen molar-refractivity contribution in [2.75, 3.05) is 0 Å². The van der Waals surface area contributed by atoms with Gasteiger partial charge in [-0.25, -0.2) is 4.68 Å². The summed E-state index contributed by atoms with van der Waals surface area (Å²) in [5, 5.41) is 12.2. The third-order valence-electron chi connectivity index (χ3n) is 4.41. The summed E-state index contributed by atoms with van der Waals surface area (Å²) in [6.45, 7) is 6.04. The van der Waals surface area contributed by atoms with Gasteiger partial charge in [0.2, 0.25) is 5.96 Å². The van der Waals surface area contributed by atoms with E-state index in [1.807, 2.05) is 19.9 Å². The molecule has 24 heavy (non-hydrogen) atoms. The molecule has 3 aromatic rings. The molecule has 1 heterocycles. The van der Waals surface area contributed by atoms with Gasteiger partial charge in [-0.05, 0) is 31.9 Å². The Morgan fingerprint density at radius 1 is 0.958 bits per heavy atom. The molecule has 0 aliphatic rings. The van der Waals surface area contributed by atoms with Crippen LogP contribution in [0.4, 0.5) is 0 Å². The predicted octanol–water partition coefficient (Wildman–Crippen LogP) is 3.73. The van der Waals surface area contributed by atoms with Crippen molar-refractivity contribution in [2.24, 2.45) is 5.73 Å². The normalized spacial score (nSPS) is 12.1. The molecule has 3 rings (SSSR count). The van der Waals surface area contributed by atoms with Crippen molar-refractivity contribution in [2.45, 2.75) is 26.7 Å². The van der Waals surface area contributed by atoms with Gasteiger partial charge in [0, 0.05) is 17.2 Å². The van der Waals surface area contributed by atoms with Gasteiger partial charge >= 0.3 is 0 Å². The minimum absolute atomic E-state index is 0.0578. The van der Waals surface area contributed by atoms with Crippen LogP contribution >= 0.6 is 0 Å². The molecule has 0 spiro atoms. The summed E-state index contributed by atoms with van der Waals surface area (Å²) in [7, 11) is 0. The molecule has 1 atom stereocenters. The smallest absolute Gasteiger partial charge is 0.213 e. The molecule has 0 amide bonds. The van der Waals surface area contributed by atoms with Crippen LogP contribution in [0.2, 0.25) is 0 Å². The first-order chi connectivity index (χ1) is 11.5. The first-order valence-corrected chi connectivity index (χ1v) is 8.01. The third-order valence-corrected chi connectivity index (χ3v) is 4.41. The van der Waals surface area contributed by atoms with Gasteiger partial charge in [-0.2, -0.15) is 5.10 Å². The van der Waals surface area contributed by atoms with Gasteiger partial charge in [0.05, 0.1) is 5.69 Å². The first kappa shape index (κ1) is 16.0. The van der Waals surface area contributed by atoms with Gasteiger partial charge in [0.1, 0.15) is 0 Å². The quantitative estimate of drug-likeness (QED) is 0.571. The monoisotopic (exact) mass is 318 g/mol. The Labute approximate surface area is 142 Å². The van der Waals surface area contributed by atoms with Gasteiger partial charge < -0.3 is 5.73 Å². The number of aryl methyl sites for hydroxylation is 2. The summed E-state index contributed by atoms with van der Waals surface area (Å²) in [6, 6.07) is 19.0. The highest BCUT2D eigenvalue weighted by Crippen LogP contribution is 2.35. The number of nitrogen functional groups attached to an aromatic ring is 1. The van der Waals surface area contributed by atoms with Gasteiger partial charge in [-0.3, -0.25) is 5.41 Å². The predicted molar refractivity (Wildman–Crippen MR) is 97.6 cm³/mol. The lowest BCUT2D eigenvalue weighted by Crippen LogP contribution is -2.23. The van der Waals surface area contributed by atoms with Crippen molar-refractivity contribution in [3.63, 3.8) is 0 Å². The fraction of sp³-hybridized carbons (Fsp3) is 0.200. The molecular weight excluding hydrogens is 296 g/mol. The van der Waals surface area contributed by atoms with E-state index in [4.69, 9.17) is 11.1 Å². The van der Waals surface area contributed by atoms with E-state index in [9.17, 15) is 0 Å². The highest BCUT2D eigenvalue weighted by molar-refractivity contribution is 5.77. The molecule has 0 saturated carbocycles. The summed E-state index contributed by atoms with van der Waals surface area (Å²) < 4.78 is 1.51. The highest BCUT2D eigenvalue weighted by Gasteiger charge is 2.24. The Balaban J connectivity index is 2.23. The molecule has 1 unspecified atom stereocenters. The molecule has 0 aliphatic heterocycles. The van der Waals surface area contributed by atoms with E-state index < -0.39 is 0 Å². The second-order valence-electron chi connectivity index (χ2n) is 6.14. The summed E-state index contributed by atoms with van der Waals surface area (Å²) in [5.74, 6) is 0.0115. The van der Waals surface area contributed by atoms with E-state index in [-0.39, 0.29) is 11.9 Å². The molecule has 1 aromatic heterocycles. The van der Waals surface area contributed by atoms with Gasteiger partial charge in [0.25, 0.3) is 0 Å². The van der Waals surface area contributed by atoms with E-state index in [1.165, 1.54) is 21.4 Å². The average Bonchev–Trinajstić information content (AvgIpc) is 2.86. The summed E-state index contributed by atoms with van der Waals surface area (Å²) in [4.78, 5) is 0. The van der Waals surface area contributed by atoms with Crippen LogP contribution in [0.25, 0.3) is 0 Å². The maximum Gasteiger partial charge on any atom is 0.213 e. The van der Waals surface area contributed by atoms with E-state index in [0.29, 0.717) is 0 Å². The number of benzene rings is 2. The fourth-order valence-corrected chi connectivity index (χ4v) is 3.24. The van der Waals surface area contributed by atoms with Crippen LogP contribution in [0.3, 0.4) is 0 Å². The topological polar surface area (TPSA) is 67.7 Å². The maximum absolute atomic E-state index is 7.74. The molecule has 4 heteroatoms. The van der Waals surface area contributed by atoms with Crippen molar-refractivity contribution >= 4 is 5.96 Å². The van der Waals surface area contributed by atoms with Crippen molar-refractivity contribution in [3.8, 4) is 0 Å². The molecule has 4 nitrogen and oxygen atoms in total. The minimum Gasteiger partial charge on any atom is -0.368 e. The standard InChI is InChI=1S/C20H22N4/c1-13-9-11-17(12-10-13)19(16-7-5-4-6-8-16)18-14(2)23-24(15(18)3)20(21)22/h4-12,19H,1-3H3,(H3,21,22). The Morgan fingerprint density at radius 2 is 1.54 bits per heavy atom. The zero-order chi connectivity index (χ0) is 17.3. The molecule has 0 aliphatic carbocycles. The van der Waals surface area contributed by atoms with Crippen LogP contribution in [-0.4, -0.2) is 15.7 Å². The molecule has 0 saturated heterocycles. The molecular formula is C20H22N4. The lowest BCUT2D eigenvalue weighted by atomic mass is 9.84. The van der Waals surface area contributed by atoms with E-state index in [2.05, 4.69) is 60.6 Å². The maximum atomic E-state index is 7.74. The number of rotatable bonds is 3. The summed E-state index contributed by atoms with van der Waals surface area (Å²) >= 11 is 0. The Kier molecular flexibility index (Phi) is 4.21. The van der Waals surface area contributed by atoms with E-state index in [0.717, 1.165) is 17.0 Å². The van der Waals surface area contributed by atoms with Crippen molar-refractivity contribution < 1.29 is 0 Å². The van der Waals surface area contributed by atoms with Gasteiger partial charge in [-0.1, -0.05) is 60.2 Å². The summed E-state index contributed by atoms with van der Waals surface area (Å²) in [6.07, 6.45) is 0. The van der Waals surface area contributed by atoms with Crippen molar-refractivity contribution in [1.82, 2.24) is 9.78 Å². The molecule has 2 aromatic carbocycles. The first-order valence-electron chi connectivity index (χ1n) is 8.01. The van der Waals surface area contributed by atoms with Crippen LogP contribution in [0.5, 0.6) is 0 Å². The van der Waals surface area contributed by atoms with Crippen molar-refractivity contribution in [1.29, 1.82) is 5.41 Å². The number of aromatic nitrogens is 2. The lowest BCUT2D eigenvalue weighted by molar-refractivity contribution is 0.861. The van der Waals surface area contributed by atoms with E-state index in [1.54, 1.807) is 0 Å². The van der Waals surface area contributed by atoms with Gasteiger partial charge in [-0.15, -0.1) is 0 Å². The van der Waals surface area contributed by atoms with Crippen LogP contribution in [0, 0.1) is 26.2 Å². The SMILES string of the molecule is Cc1ccc(C(c2ccccc2)c2c(C)nn(C(=N)N)c2C)cc1. The molecule has 3 N–H and O–H groups in total. The highest BCUT2D eigenvalue weighted by atomic mass is 15.3. The minimum atomic E-state index is -0.0578. The van der Waals surface area contributed by atoms with Crippen molar-refractivity contribution in [3.05, 3.63) is 88.2 Å². The Hall–Kier alpha value is -2.88. The second-order valence-corrected chi connectivity index (χ2v) is 6.14. The number of hydrogen-bond acceptors (Lipinski definition) is 2. The number of nitrogens with zero attached hydrogens (tertiary/aromatic N) is 2. The number of nitrogens with two attached hydrogens (primary N) is 1. The van der Waals surface area contributed by atoms with Crippen LogP contribution in [0.15, 0.2) is 54.6 Å². The molecule has 122 valence electrons. The molecule has 0 bridgehead atoms. The largest absolute Gasteiger partial charge is 0.368 e. The fourth-order valence-electron chi connectivity index (χ4n) is 3.24. The van der Waals surface area contributed by atoms with E-state index >= 15 is 0 Å². The Bertz CT molecular complexity index is 861. The zero-order valence-corrected chi connectivity index (χ0v) is 14.2. The average molecular weight is 318 g/mol. The Morgan fingerprint density at radius 3 is 2.08 bits per heavy atom. The number of hydrogen-bond donors (Lipinski definition) is 2. The molecule has 0 radical (unpaired) electrons.